The summed E-state index contributed by atoms with van der Waals surface area (Å²) in [7, 11) is 1.76. The number of H-pyrrole nitrogens is 1. The van der Waals surface area contributed by atoms with E-state index in [4.69, 9.17) is 0 Å². The first-order valence-corrected chi connectivity index (χ1v) is 10.9. The Hall–Kier alpha value is -3.20. The molecule has 0 aliphatic heterocycles. The number of rotatable bonds is 7. The van der Waals surface area contributed by atoms with Crippen molar-refractivity contribution in [3.05, 3.63) is 60.2 Å². The summed E-state index contributed by atoms with van der Waals surface area (Å²) in [5.74, 6) is 0.958. The van der Waals surface area contributed by atoms with Crippen LogP contribution >= 0.6 is 11.8 Å². The lowest BCUT2D eigenvalue weighted by Gasteiger charge is -2.20. The Labute approximate surface area is 183 Å². The Kier molecular flexibility index (Phi) is 6.03. The van der Waals surface area contributed by atoms with Crippen LogP contribution in [0.4, 0.5) is 4.39 Å². The normalized spacial score (nSPS) is 12.4. The van der Waals surface area contributed by atoms with E-state index in [2.05, 4.69) is 25.5 Å². The van der Waals surface area contributed by atoms with Gasteiger partial charge in [0.25, 0.3) is 0 Å². The second-order valence-electron chi connectivity index (χ2n) is 7.56. The summed E-state index contributed by atoms with van der Waals surface area (Å²) < 4.78 is 15.8. The molecule has 0 spiro atoms. The number of carbonyl (C=O) groups is 1. The highest BCUT2D eigenvalue weighted by atomic mass is 32.2. The first kappa shape index (κ1) is 21.0. The number of hydrogen-bond donors (Lipinski definition) is 2. The monoisotopic (exact) mass is 438 g/mol. The Balaban J connectivity index is 1.44. The van der Waals surface area contributed by atoms with Crippen molar-refractivity contribution in [2.24, 2.45) is 13.0 Å². The molecule has 160 valence electrons. The smallest absolute Gasteiger partial charge is 0.231 e. The molecule has 1 amide bonds. The maximum atomic E-state index is 14.1. The molecule has 0 bridgehead atoms. The number of fused-ring (bicyclic) bond motifs is 1. The van der Waals surface area contributed by atoms with Crippen LogP contribution in [0.3, 0.4) is 0 Å². The van der Waals surface area contributed by atoms with Gasteiger partial charge in [0.2, 0.25) is 5.91 Å². The summed E-state index contributed by atoms with van der Waals surface area (Å²) in [5, 5.41) is 11.8. The molecule has 9 heteroatoms. The van der Waals surface area contributed by atoms with Crippen molar-refractivity contribution >= 4 is 28.7 Å². The van der Waals surface area contributed by atoms with E-state index in [1.54, 1.807) is 29.8 Å². The van der Waals surface area contributed by atoms with Crippen LogP contribution in [0.25, 0.3) is 22.4 Å². The van der Waals surface area contributed by atoms with E-state index in [0.29, 0.717) is 16.5 Å². The van der Waals surface area contributed by atoms with E-state index >= 15 is 0 Å². The number of amides is 1. The molecular weight excluding hydrogens is 415 g/mol. The highest BCUT2D eigenvalue weighted by Crippen LogP contribution is 2.26. The lowest BCUT2D eigenvalue weighted by molar-refractivity contribution is -0.119. The van der Waals surface area contributed by atoms with Gasteiger partial charge in [0, 0.05) is 7.05 Å². The number of hydrogen-bond acceptors (Lipinski definition) is 5. The average molecular weight is 439 g/mol. The molecule has 0 saturated carbocycles. The lowest BCUT2D eigenvalue weighted by Crippen LogP contribution is -2.33. The molecule has 0 aliphatic rings. The number of thioether (sulfide) groups is 1. The van der Waals surface area contributed by atoms with E-state index in [9.17, 15) is 9.18 Å². The number of imidazole rings is 1. The third-order valence-electron chi connectivity index (χ3n) is 4.97. The van der Waals surface area contributed by atoms with Crippen molar-refractivity contribution in [1.82, 2.24) is 30.0 Å². The van der Waals surface area contributed by atoms with Crippen molar-refractivity contribution in [2.45, 2.75) is 25.0 Å². The number of para-hydroxylation sites is 2. The van der Waals surface area contributed by atoms with Gasteiger partial charge in [-0.25, -0.2) is 9.37 Å². The van der Waals surface area contributed by atoms with Gasteiger partial charge < -0.3 is 14.9 Å². The summed E-state index contributed by atoms with van der Waals surface area (Å²) in [6.45, 7) is 4.07. The highest BCUT2D eigenvalue weighted by molar-refractivity contribution is 7.99. The molecule has 4 rings (SSSR count). The minimum Gasteiger partial charge on any atom is -0.345 e. The van der Waals surface area contributed by atoms with Gasteiger partial charge in [0.1, 0.15) is 11.6 Å². The lowest BCUT2D eigenvalue weighted by atomic mass is 10.0. The number of nitrogens with one attached hydrogen (secondary N) is 2. The summed E-state index contributed by atoms with van der Waals surface area (Å²) in [4.78, 5) is 20.6. The van der Waals surface area contributed by atoms with Crippen molar-refractivity contribution < 1.29 is 9.18 Å². The predicted octanol–water partition coefficient (Wildman–Crippen LogP) is 4.10. The Morgan fingerprint density at radius 2 is 1.90 bits per heavy atom. The summed E-state index contributed by atoms with van der Waals surface area (Å²) in [6.07, 6.45) is 0. The van der Waals surface area contributed by atoms with Crippen molar-refractivity contribution in [3.63, 3.8) is 0 Å². The Morgan fingerprint density at radius 1 is 1.16 bits per heavy atom. The fourth-order valence-electron chi connectivity index (χ4n) is 3.33. The molecule has 0 saturated heterocycles. The van der Waals surface area contributed by atoms with Gasteiger partial charge >= 0.3 is 0 Å². The van der Waals surface area contributed by atoms with Crippen LogP contribution in [0.5, 0.6) is 0 Å². The van der Waals surface area contributed by atoms with Gasteiger partial charge in [0.15, 0.2) is 11.0 Å². The zero-order chi connectivity index (χ0) is 22.0. The van der Waals surface area contributed by atoms with Gasteiger partial charge in [-0.3, -0.25) is 4.79 Å². The molecule has 1 atom stereocenters. The van der Waals surface area contributed by atoms with Crippen LogP contribution in [0.15, 0.2) is 53.7 Å². The Morgan fingerprint density at radius 3 is 2.65 bits per heavy atom. The first-order chi connectivity index (χ1) is 14.9. The summed E-state index contributed by atoms with van der Waals surface area (Å²) in [5.41, 5.74) is 2.18. The third kappa shape index (κ3) is 4.46. The van der Waals surface area contributed by atoms with Crippen molar-refractivity contribution in [2.75, 3.05) is 5.75 Å². The van der Waals surface area contributed by atoms with Crippen LogP contribution < -0.4 is 5.32 Å². The van der Waals surface area contributed by atoms with Crippen LogP contribution in [0, 0.1) is 11.7 Å². The average Bonchev–Trinajstić information content (AvgIpc) is 3.34. The standard InChI is InChI=1S/C22H23FN6OS/c1-13(2)19(20-24-16-10-6-7-11-17(16)25-20)26-18(30)12-31-22-28-27-21(29(22)3)14-8-4-5-9-15(14)23/h4-11,13,19H,12H2,1-3H3,(H,24,25)(H,26,30)/t19-/m0/s1. The highest BCUT2D eigenvalue weighted by Gasteiger charge is 2.22. The number of nitrogens with zero attached hydrogens (tertiary/aromatic N) is 4. The second-order valence-corrected chi connectivity index (χ2v) is 8.50. The number of aromatic nitrogens is 5. The molecule has 2 aromatic carbocycles. The SMILES string of the molecule is CC(C)[C@H](NC(=O)CSc1nnc(-c2ccccc2F)n1C)c1nc2ccccc2[nH]1. The molecule has 31 heavy (non-hydrogen) atoms. The van der Waals surface area contributed by atoms with Gasteiger partial charge in [-0.1, -0.05) is 49.9 Å². The molecule has 0 fully saturated rings. The molecule has 2 aromatic heterocycles. The summed E-state index contributed by atoms with van der Waals surface area (Å²) in [6, 6.07) is 13.9. The molecule has 4 aromatic rings. The molecule has 7 nitrogen and oxygen atoms in total. The third-order valence-corrected chi connectivity index (χ3v) is 5.99. The Bertz CT molecular complexity index is 1180. The van der Waals surface area contributed by atoms with Crippen LogP contribution in [0.2, 0.25) is 0 Å². The number of carbonyl (C=O) groups excluding carboxylic acids is 1. The predicted molar refractivity (Wildman–Crippen MR) is 119 cm³/mol. The molecule has 0 unspecified atom stereocenters. The minimum absolute atomic E-state index is 0.139. The number of aromatic amines is 1. The number of halogens is 1. The maximum Gasteiger partial charge on any atom is 0.231 e. The van der Waals surface area contributed by atoms with E-state index in [1.807, 2.05) is 38.1 Å². The summed E-state index contributed by atoms with van der Waals surface area (Å²) >= 11 is 1.25. The van der Waals surface area contributed by atoms with E-state index in [-0.39, 0.29) is 29.4 Å². The fourth-order valence-corrected chi connectivity index (χ4v) is 4.06. The topological polar surface area (TPSA) is 88.5 Å². The molecular formula is C22H23FN6OS. The van der Waals surface area contributed by atoms with Gasteiger partial charge in [-0.05, 0) is 30.2 Å². The minimum atomic E-state index is -0.363. The van der Waals surface area contributed by atoms with Crippen LogP contribution in [-0.4, -0.2) is 36.4 Å². The quantitative estimate of drug-likeness (QED) is 0.424. The van der Waals surface area contributed by atoms with Crippen molar-refractivity contribution in [1.29, 1.82) is 0 Å². The van der Waals surface area contributed by atoms with E-state index in [1.165, 1.54) is 17.8 Å². The second kappa shape index (κ2) is 8.89. The van der Waals surface area contributed by atoms with E-state index in [0.717, 1.165) is 16.9 Å². The molecule has 0 radical (unpaired) electrons. The van der Waals surface area contributed by atoms with Crippen LogP contribution in [0.1, 0.15) is 25.7 Å². The van der Waals surface area contributed by atoms with Gasteiger partial charge in [-0.15, -0.1) is 10.2 Å². The molecule has 2 heterocycles. The molecule has 2 N–H and O–H groups in total. The fraction of sp³-hybridized carbons (Fsp3) is 0.273. The first-order valence-electron chi connectivity index (χ1n) is 9.95. The van der Waals surface area contributed by atoms with Gasteiger partial charge in [-0.2, -0.15) is 0 Å². The van der Waals surface area contributed by atoms with Crippen LogP contribution in [-0.2, 0) is 11.8 Å². The number of benzene rings is 2. The van der Waals surface area contributed by atoms with E-state index < -0.39 is 0 Å². The maximum absolute atomic E-state index is 14.1. The largest absolute Gasteiger partial charge is 0.345 e. The molecule has 0 aliphatic carbocycles. The van der Waals surface area contributed by atoms with Crippen molar-refractivity contribution in [3.8, 4) is 11.4 Å². The zero-order valence-corrected chi connectivity index (χ0v) is 18.3. The zero-order valence-electron chi connectivity index (χ0n) is 17.5. The van der Waals surface area contributed by atoms with Gasteiger partial charge in [0.05, 0.1) is 28.4 Å².